The first kappa shape index (κ1) is 14.3. The molecule has 1 atom stereocenters. The quantitative estimate of drug-likeness (QED) is 0.789. The van der Waals surface area contributed by atoms with Gasteiger partial charge in [-0.15, -0.1) is 0 Å². The van der Waals surface area contributed by atoms with Crippen LogP contribution in [0.25, 0.3) is 10.8 Å². The van der Waals surface area contributed by atoms with Gasteiger partial charge in [0.1, 0.15) is 0 Å². The lowest BCUT2D eigenvalue weighted by molar-refractivity contribution is 0.309. The fourth-order valence-electron chi connectivity index (χ4n) is 3.69. The predicted octanol–water partition coefficient (Wildman–Crippen LogP) is 4.10. The van der Waals surface area contributed by atoms with Crippen LogP contribution in [-0.4, -0.2) is 27.7 Å². The maximum atomic E-state index is 10.6. The lowest BCUT2D eigenvalue weighted by atomic mass is 10.1. The van der Waals surface area contributed by atoms with Crippen LogP contribution in [0.5, 0.6) is 5.88 Å². The van der Waals surface area contributed by atoms with Crippen molar-refractivity contribution in [3.63, 3.8) is 0 Å². The van der Waals surface area contributed by atoms with Crippen LogP contribution < -0.4 is 0 Å². The second-order valence-electron chi connectivity index (χ2n) is 6.56. The molecule has 1 aliphatic rings. The van der Waals surface area contributed by atoms with E-state index in [4.69, 9.17) is 0 Å². The van der Waals surface area contributed by atoms with E-state index in [1.807, 2.05) is 12.1 Å². The van der Waals surface area contributed by atoms with E-state index >= 15 is 0 Å². The molecule has 1 aromatic heterocycles. The molecule has 1 fully saturated rings. The van der Waals surface area contributed by atoms with E-state index in [0.717, 1.165) is 36.8 Å². The van der Waals surface area contributed by atoms with E-state index in [-0.39, 0.29) is 0 Å². The van der Waals surface area contributed by atoms with Gasteiger partial charge in [-0.1, -0.05) is 42.5 Å². The van der Waals surface area contributed by atoms with Crippen LogP contribution in [0.15, 0.2) is 54.7 Å². The number of fused-ring (bicyclic) bond motifs is 1. The Morgan fingerprint density at radius 1 is 1.04 bits per heavy atom. The largest absolute Gasteiger partial charge is 0.494 e. The molecule has 1 saturated heterocycles. The first-order valence-corrected chi connectivity index (χ1v) is 8.28. The molecule has 2 aromatic carbocycles. The molecule has 0 spiro atoms. The van der Waals surface area contributed by atoms with Gasteiger partial charge in [0.05, 0.1) is 6.04 Å². The van der Waals surface area contributed by atoms with Gasteiger partial charge in [-0.25, -0.2) is 0 Å². The maximum absolute atomic E-state index is 10.6. The van der Waals surface area contributed by atoms with Gasteiger partial charge >= 0.3 is 0 Å². The maximum Gasteiger partial charge on any atom is 0.199 e. The summed E-state index contributed by atoms with van der Waals surface area (Å²) in [6.45, 7) is 5.15. The zero-order valence-corrected chi connectivity index (χ0v) is 13.4. The Balaban J connectivity index is 1.56. The molecule has 0 amide bonds. The van der Waals surface area contributed by atoms with E-state index in [2.05, 4.69) is 59.0 Å². The number of hydrogen-bond acceptors (Lipinski definition) is 2. The van der Waals surface area contributed by atoms with Gasteiger partial charge in [0.2, 0.25) is 0 Å². The Bertz CT molecular complexity index is 822. The molecule has 0 aliphatic carbocycles. The van der Waals surface area contributed by atoms with Crippen molar-refractivity contribution in [1.29, 1.82) is 0 Å². The number of aryl methyl sites for hydroxylation is 1. The predicted molar refractivity (Wildman–Crippen MR) is 93.7 cm³/mol. The molecular weight excluding hydrogens is 284 g/mol. The van der Waals surface area contributed by atoms with Gasteiger partial charge in [-0.05, 0) is 30.5 Å². The lowest BCUT2D eigenvalue weighted by Crippen LogP contribution is -2.20. The fraction of sp³-hybridized carbons (Fsp3) is 0.300. The second-order valence-corrected chi connectivity index (χ2v) is 6.56. The first-order valence-electron chi connectivity index (χ1n) is 8.28. The van der Waals surface area contributed by atoms with Crippen LogP contribution in [0.3, 0.4) is 0 Å². The van der Waals surface area contributed by atoms with Crippen molar-refractivity contribution in [1.82, 2.24) is 9.47 Å². The number of aromatic hydroxyl groups is 1. The average molecular weight is 306 g/mol. The molecule has 1 aliphatic heterocycles. The van der Waals surface area contributed by atoms with Crippen LogP contribution in [0, 0.1) is 6.92 Å². The highest BCUT2D eigenvalue weighted by molar-refractivity contribution is 5.90. The Morgan fingerprint density at radius 3 is 2.65 bits per heavy atom. The van der Waals surface area contributed by atoms with Crippen molar-refractivity contribution in [2.24, 2.45) is 0 Å². The van der Waals surface area contributed by atoms with Crippen molar-refractivity contribution < 1.29 is 5.11 Å². The molecule has 1 N–H and O–H groups in total. The lowest BCUT2D eigenvalue weighted by Gasteiger charge is -2.17. The Hall–Kier alpha value is -2.26. The summed E-state index contributed by atoms with van der Waals surface area (Å²) in [5.74, 6) is 0.412. The van der Waals surface area contributed by atoms with E-state index in [1.165, 1.54) is 11.1 Å². The number of rotatable bonds is 3. The molecule has 23 heavy (non-hydrogen) atoms. The van der Waals surface area contributed by atoms with Crippen LogP contribution in [0.4, 0.5) is 0 Å². The van der Waals surface area contributed by atoms with Gasteiger partial charge < -0.3 is 9.67 Å². The summed E-state index contributed by atoms with van der Waals surface area (Å²) in [6.07, 6.45) is 3.21. The monoisotopic (exact) mass is 306 g/mol. The van der Waals surface area contributed by atoms with Crippen LogP contribution >= 0.6 is 0 Å². The minimum absolute atomic E-state index is 0.352. The molecule has 2 heterocycles. The molecule has 0 radical (unpaired) electrons. The normalized spacial score (nSPS) is 18.7. The fourth-order valence-corrected chi connectivity index (χ4v) is 3.69. The number of nitrogens with zero attached hydrogens (tertiary/aromatic N) is 2. The average Bonchev–Trinajstić information content (AvgIpc) is 3.14. The zero-order valence-electron chi connectivity index (χ0n) is 13.4. The van der Waals surface area contributed by atoms with Crippen LogP contribution in [0.1, 0.15) is 23.6 Å². The second kappa shape index (κ2) is 5.74. The molecule has 118 valence electrons. The Kier molecular flexibility index (Phi) is 3.58. The number of benzene rings is 2. The standard InChI is InChI=1S/C20H22N2O/c1-15-6-5-9-18-19(15)14-22(20(18)23)17-10-11-21(13-17)12-16-7-3-2-4-8-16/h2-9,14,17,23H,10-13H2,1H3. The molecule has 1 unspecified atom stereocenters. The smallest absolute Gasteiger partial charge is 0.199 e. The van der Waals surface area contributed by atoms with Crippen molar-refractivity contribution in [2.75, 3.05) is 13.1 Å². The summed E-state index contributed by atoms with van der Waals surface area (Å²) in [4.78, 5) is 2.47. The summed E-state index contributed by atoms with van der Waals surface area (Å²) in [7, 11) is 0. The Labute approximate surface area is 136 Å². The number of hydrogen-bond donors (Lipinski definition) is 1. The molecule has 3 heteroatoms. The number of aromatic nitrogens is 1. The zero-order chi connectivity index (χ0) is 15.8. The van der Waals surface area contributed by atoms with Gasteiger partial charge in [0.15, 0.2) is 5.88 Å². The summed E-state index contributed by atoms with van der Waals surface area (Å²) in [5, 5.41) is 12.7. The van der Waals surface area contributed by atoms with Crippen LogP contribution in [-0.2, 0) is 6.54 Å². The molecule has 0 saturated carbocycles. The molecule has 4 rings (SSSR count). The minimum atomic E-state index is 0.352. The molecule has 0 bridgehead atoms. The first-order chi connectivity index (χ1) is 11.2. The van der Waals surface area contributed by atoms with Gasteiger partial charge in [-0.2, -0.15) is 0 Å². The molecular formula is C20H22N2O. The van der Waals surface area contributed by atoms with Gasteiger partial charge in [0.25, 0.3) is 0 Å². The van der Waals surface area contributed by atoms with E-state index in [0.29, 0.717) is 11.9 Å². The highest BCUT2D eigenvalue weighted by Crippen LogP contribution is 2.35. The highest BCUT2D eigenvalue weighted by atomic mass is 16.3. The SMILES string of the molecule is Cc1cccc2c(O)n(C3CCN(Cc4ccccc4)C3)cc12. The highest BCUT2D eigenvalue weighted by Gasteiger charge is 2.26. The summed E-state index contributed by atoms with van der Waals surface area (Å²) >= 11 is 0. The summed E-state index contributed by atoms with van der Waals surface area (Å²) < 4.78 is 2.07. The van der Waals surface area contributed by atoms with Crippen molar-refractivity contribution in [3.8, 4) is 5.88 Å². The van der Waals surface area contributed by atoms with E-state index < -0.39 is 0 Å². The van der Waals surface area contributed by atoms with Crippen LogP contribution in [0.2, 0.25) is 0 Å². The summed E-state index contributed by atoms with van der Waals surface area (Å²) in [6, 6.07) is 17.1. The Morgan fingerprint density at radius 2 is 1.87 bits per heavy atom. The van der Waals surface area contributed by atoms with Crippen molar-refractivity contribution in [3.05, 3.63) is 65.9 Å². The summed E-state index contributed by atoms with van der Waals surface area (Å²) in [5.41, 5.74) is 2.57. The third-order valence-electron chi connectivity index (χ3n) is 4.97. The van der Waals surface area contributed by atoms with Gasteiger partial charge in [0, 0.05) is 36.6 Å². The molecule has 3 nitrogen and oxygen atoms in total. The topological polar surface area (TPSA) is 28.4 Å². The van der Waals surface area contributed by atoms with E-state index in [1.54, 1.807) is 0 Å². The van der Waals surface area contributed by atoms with Crippen molar-refractivity contribution >= 4 is 10.8 Å². The number of likely N-dealkylation sites (tertiary alicyclic amines) is 1. The third-order valence-corrected chi connectivity index (χ3v) is 4.97. The van der Waals surface area contributed by atoms with E-state index in [9.17, 15) is 5.11 Å². The third kappa shape index (κ3) is 2.62. The minimum Gasteiger partial charge on any atom is -0.494 e. The van der Waals surface area contributed by atoms with Crippen molar-refractivity contribution in [2.45, 2.75) is 25.9 Å². The molecule has 3 aromatic rings. The van der Waals surface area contributed by atoms with Gasteiger partial charge in [-0.3, -0.25) is 4.90 Å².